The van der Waals surface area contributed by atoms with Gasteiger partial charge in [0.2, 0.25) is 0 Å². The van der Waals surface area contributed by atoms with Crippen LogP contribution in [-0.2, 0) is 22.4 Å². The van der Waals surface area contributed by atoms with E-state index in [0.29, 0.717) is 0 Å². The summed E-state index contributed by atoms with van der Waals surface area (Å²) in [6.45, 7) is 6.97. The largest absolute Gasteiger partial charge is 0.480 e. The van der Waals surface area contributed by atoms with Crippen LogP contribution in [0.3, 0.4) is 0 Å². The number of alkyl carbamates (subject to hydrolysis) is 1. The zero-order valence-corrected chi connectivity index (χ0v) is 14.1. The maximum Gasteiger partial charge on any atom is 0.408 e. The highest BCUT2D eigenvalue weighted by molar-refractivity contribution is 5.80. The molecule has 1 heterocycles. The fourth-order valence-corrected chi connectivity index (χ4v) is 2.83. The van der Waals surface area contributed by atoms with Gasteiger partial charge in [-0.1, -0.05) is 0 Å². The molecule has 2 rings (SSSR count). The van der Waals surface area contributed by atoms with E-state index in [2.05, 4.69) is 10.3 Å². The summed E-state index contributed by atoms with van der Waals surface area (Å²) in [7, 11) is 0. The van der Waals surface area contributed by atoms with Gasteiger partial charge in [-0.3, -0.25) is 0 Å². The molecule has 2 unspecified atom stereocenters. The van der Waals surface area contributed by atoms with Gasteiger partial charge in [0.05, 0.1) is 18.1 Å². The van der Waals surface area contributed by atoms with Crippen molar-refractivity contribution >= 4 is 12.1 Å². The van der Waals surface area contributed by atoms with Gasteiger partial charge < -0.3 is 19.7 Å². The van der Waals surface area contributed by atoms with Crippen molar-refractivity contribution in [3.8, 4) is 0 Å². The van der Waals surface area contributed by atoms with Crippen molar-refractivity contribution in [1.82, 2.24) is 14.9 Å². The molecule has 7 nitrogen and oxygen atoms in total. The normalized spacial score (nSPS) is 17.0. The molecule has 23 heavy (non-hydrogen) atoms. The summed E-state index contributed by atoms with van der Waals surface area (Å²) in [6, 6.07) is -1.53. The van der Waals surface area contributed by atoms with E-state index in [0.717, 1.165) is 37.1 Å². The van der Waals surface area contributed by atoms with Crippen LogP contribution >= 0.6 is 0 Å². The van der Waals surface area contributed by atoms with E-state index in [-0.39, 0.29) is 0 Å². The smallest absolute Gasteiger partial charge is 0.408 e. The first-order chi connectivity index (χ1) is 10.7. The fraction of sp³-hybridized carbons (Fsp3) is 0.688. The predicted molar refractivity (Wildman–Crippen MR) is 84.4 cm³/mol. The Balaban J connectivity index is 2.16. The summed E-state index contributed by atoms with van der Waals surface area (Å²) in [4.78, 5) is 27.9. The topological polar surface area (TPSA) is 93.5 Å². The lowest BCUT2D eigenvalue weighted by Gasteiger charge is -2.27. The lowest BCUT2D eigenvalue weighted by Crippen LogP contribution is -2.47. The molecule has 0 radical (unpaired) electrons. The van der Waals surface area contributed by atoms with Crippen LogP contribution in [0, 0.1) is 0 Å². The quantitative estimate of drug-likeness (QED) is 0.887. The van der Waals surface area contributed by atoms with E-state index < -0.39 is 29.7 Å². The summed E-state index contributed by atoms with van der Waals surface area (Å²) < 4.78 is 7.03. The first-order valence-corrected chi connectivity index (χ1v) is 7.96. The van der Waals surface area contributed by atoms with Crippen molar-refractivity contribution in [1.29, 1.82) is 0 Å². The van der Waals surface area contributed by atoms with Crippen LogP contribution in [0.25, 0.3) is 0 Å². The summed E-state index contributed by atoms with van der Waals surface area (Å²) in [5.74, 6) is -1.10. The van der Waals surface area contributed by atoms with Gasteiger partial charge in [-0.25, -0.2) is 14.6 Å². The van der Waals surface area contributed by atoms with Gasteiger partial charge in [0.1, 0.15) is 11.6 Å². The van der Waals surface area contributed by atoms with E-state index in [1.165, 1.54) is 0 Å². The highest BCUT2D eigenvalue weighted by Crippen LogP contribution is 2.24. The van der Waals surface area contributed by atoms with Gasteiger partial charge in [-0.2, -0.15) is 0 Å². The number of ether oxygens (including phenoxy) is 1. The molecule has 1 amide bonds. The minimum Gasteiger partial charge on any atom is -0.480 e. The molecular weight excluding hydrogens is 298 g/mol. The number of aryl methyl sites for hydroxylation is 1. The van der Waals surface area contributed by atoms with Gasteiger partial charge in [-0.05, 0) is 53.4 Å². The third-order valence-electron chi connectivity index (χ3n) is 3.92. The number of carboxylic acid groups (broad SMARTS) is 1. The third kappa shape index (κ3) is 4.24. The number of aliphatic carboxylic acids is 1. The van der Waals surface area contributed by atoms with Gasteiger partial charge >= 0.3 is 12.1 Å². The number of carboxylic acids is 1. The second-order valence-corrected chi connectivity index (χ2v) is 6.96. The number of imidazole rings is 1. The summed E-state index contributed by atoms with van der Waals surface area (Å²) in [5.41, 5.74) is 1.43. The number of carbonyl (C=O) groups excluding carboxylic acids is 1. The Labute approximate surface area is 136 Å². The monoisotopic (exact) mass is 323 g/mol. The van der Waals surface area contributed by atoms with Crippen LogP contribution in [0.1, 0.15) is 58.0 Å². The Hall–Kier alpha value is -2.05. The zero-order valence-electron chi connectivity index (χ0n) is 14.1. The van der Waals surface area contributed by atoms with Gasteiger partial charge in [0.25, 0.3) is 0 Å². The van der Waals surface area contributed by atoms with Crippen LogP contribution in [0.4, 0.5) is 4.79 Å². The van der Waals surface area contributed by atoms with E-state index in [1.54, 1.807) is 34.0 Å². The number of nitrogens with zero attached hydrogens (tertiary/aromatic N) is 2. The van der Waals surface area contributed by atoms with E-state index in [4.69, 9.17) is 4.74 Å². The van der Waals surface area contributed by atoms with Crippen molar-refractivity contribution in [3.63, 3.8) is 0 Å². The van der Waals surface area contributed by atoms with E-state index >= 15 is 0 Å². The highest BCUT2D eigenvalue weighted by Gasteiger charge is 2.31. The van der Waals surface area contributed by atoms with Crippen LogP contribution in [0.2, 0.25) is 0 Å². The second-order valence-electron chi connectivity index (χ2n) is 6.96. The molecule has 0 bridgehead atoms. The molecule has 1 aromatic heterocycles. The first-order valence-electron chi connectivity index (χ1n) is 7.96. The lowest BCUT2D eigenvalue weighted by atomic mass is 10.00. The van der Waals surface area contributed by atoms with Gasteiger partial charge in [0, 0.05) is 5.69 Å². The van der Waals surface area contributed by atoms with Crippen molar-refractivity contribution in [3.05, 3.63) is 17.7 Å². The number of rotatable bonds is 4. The average Bonchev–Trinajstić information content (AvgIpc) is 2.85. The third-order valence-corrected chi connectivity index (χ3v) is 3.92. The molecule has 0 aliphatic heterocycles. The number of aromatic nitrogens is 2. The molecule has 0 spiro atoms. The van der Waals surface area contributed by atoms with Crippen molar-refractivity contribution in [2.75, 3.05) is 0 Å². The maximum atomic E-state index is 11.9. The number of nitrogens with one attached hydrogen (secondary N) is 1. The molecule has 0 aromatic carbocycles. The molecule has 0 saturated heterocycles. The molecule has 1 aliphatic rings. The average molecular weight is 323 g/mol. The minimum absolute atomic E-state index is 0.450. The van der Waals surface area contributed by atoms with Crippen LogP contribution in [0.15, 0.2) is 6.33 Å². The number of carbonyl (C=O) groups is 2. The summed E-state index contributed by atoms with van der Waals surface area (Å²) >= 11 is 0. The summed E-state index contributed by atoms with van der Waals surface area (Å²) in [5, 5.41) is 11.9. The minimum atomic E-state index is -1.10. The number of amides is 1. The fourth-order valence-electron chi connectivity index (χ4n) is 2.83. The van der Waals surface area contributed by atoms with Gasteiger partial charge in [-0.15, -0.1) is 0 Å². The Bertz CT molecular complexity index is 589. The zero-order chi connectivity index (χ0) is 17.2. The second kappa shape index (κ2) is 6.60. The highest BCUT2D eigenvalue weighted by atomic mass is 16.6. The standard InChI is InChI=1S/C16H25N3O4/c1-10(19-9-17-11-7-5-6-8-12(11)19)13(14(20)21)18-15(22)23-16(2,3)4/h9-10,13H,5-8H2,1-4H3,(H,18,22)(H,20,21). The predicted octanol–water partition coefficient (Wildman–Crippen LogP) is 2.30. The van der Waals surface area contributed by atoms with Crippen LogP contribution in [0.5, 0.6) is 0 Å². The molecule has 0 fully saturated rings. The van der Waals surface area contributed by atoms with E-state index in [9.17, 15) is 14.7 Å². The van der Waals surface area contributed by atoms with Crippen molar-refractivity contribution in [2.45, 2.75) is 71.1 Å². The molecule has 2 atom stereocenters. The Morgan fingerprint density at radius 1 is 1.35 bits per heavy atom. The van der Waals surface area contributed by atoms with Crippen molar-refractivity contribution in [2.24, 2.45) is 0 Å². The molecule has 1 aliphatic carbocycles. The molecule has 0 saturated carbocycles. The number of fused-ring (bicyclic) bond motifs is 1. The molecule has 7 heteroatoms. The Morgan fingerprint density at radius 2 is 2.00 bits per heavy atom. The van der Waals surface area contributed by atoms with Crippen LogP contribution in [-0.4, -0.2) is 38.4 Å². The first kappa shape index (κ1) is 17.3. The van der Waals surface area contributed by atoms with Crippen LogP contribution < -0.4 is 5.32 Å². The Morgan fingerprint density at radius 3 is 2.61 bits per heavy atom. The summed E-state index contributed by atoms with van der Waals surface area (Å²) in [6.07, 6.45) is 4.93. The molecule has 2 N–H and O–H groups in total. The Kier molecular flexibility index (Phi) is 4.97. The number of hydrogen-bond donors (Lipinski definition) is 2. The molecule has 1 aromatic rings. The number of hydrogen-bond acceptors (Lipinski definition) is 4. The molecular formula is C16H25N3O4. The molecule has 128 valence electrons. The lowest BCUT2D eigenvalue weighted by molar-refractivity contribution is -0.140. The van der Waals surface area contributed by atoms with Gasteiger partial charge in [0.15, 0.2) is 0 Å². The maximum absolute atomic E-state index is 11.9. The van der Waals surface area contributed by atoms with E-state index in [1.807, 2.05) is 4.57 Å². The van der Waals surface area contributed by atoms with Crippen molar-refractivity contribution < 1.29 is 19.4 Å². The SMILES string of the molecule is CC(C(NC(=O)OC(C)(C)C)C(=O)O)n1cnc2c1CCCC2.